The largest absolute Gasteiger partial charge is 0.369 e. The maximum absolute atomic E-state index is 13.1. The van der Waals surface area contributed by atoms with E-state index in [0.29, 0.717) is 29.4 Å². The van der Waals surface area contributed by atoms with Crippen LogP contribution in [0.4, 0.5) is 0 Å². The van der Waals surface area contributed by atoms with Crippen molar-refractivity contribution in [3.63, 3.8) is 0 Å². The fourth-order valence-corrected chi connectivity index (χ4v) is 6.41. The molecule has 4 aliphatic carbocycles. The third-order valence-electron chi connectivity index (χ3n) is 6.80. The molecule has 2 unspecified atom stereocenters. The lowest BCUT2D eigenvalue weighted by Gasteiger charge is -2.60. The van der Waals surface area contributed by atoms with E-state index in [9.17, 15) is 9.59 Å². The van der Waals surface area contributed by atoms with Crippen LogP contribution in [0.1, 0.15) is 38.5 Å². The molecule has 4 bridgehead atoms. The summed E-state index contributed by atoms with van der Waals surface area (Å²) in [5.74, 6) is 0.661. The molecule has 8 heteroatoms. The standard InChI is InChI=1S/C17H20ClN5O2/c1-22-11-7-20-14(18)21-12(11)23(15(22)25)17-5-9-2-10(6-17)4-16(3-9,8-17)13(19)24/h7,9-10H,2-6,8H2,1H3,(H2,19,24). The summed E-state index contributed by atoms with van der Waals surface area (Å²) in [5, 5.41) is 0.126. The van der Waals surface area contributed by atoms with Crippen LogP contribution in [-0.4, -0.2) is 25.0 Å². The van der Waals surface area contributed by atoms with Crippen molar-refractivity contribution in [1.82, 2.24) is 19.1 Å². The van der Waals surface area contributed by atoms with Gasteiger partial charge in [0.05, 0.1) is 17.2 Å². The van der Waals surface area contributed by atoms with Gasteiger partial charge in [-0.25, -0.2) is 9.78 Å². The molecule has 4 aliphatic rings. The normalized spacial score (nSPS) is 36.2. The molecule has 7 nitrogen and oxygen atoms in total. The lowest BCUT2D eigenvalue weighted by atomic mass is 9.46. The highest BCUT2D eigenvalue weighted by Gasteiger charge is 2.61. The molecule has 0 saturated heterocycles. The van der Waals surface area contributed by atoms with Crippen LogP contribution in [0.2, 0.25) is 5.28 Å². The summed E-state index contributed by atoms with van der Waals surface area (Å²) < 4.78 is 3.37. The topological polar surface area (TPSA) is 95.8 Å². The molecule has 0 radical (unpaired) electrons. The Morgan fingerprint density at radius 2 is 2.00 bits per heavy atom. The number of halogens is 1. The highest BCUT2D eigenvalue weighted by molar-refractivity contribution is 6.28. The van der Waals surface area contributed by atoms with Gasteiger partial charge < -0.3 is 5.73 Å². The molecule has 4 fully saturated rings. The Kier molecular flexibility index (Phi) is 2.85. The van der Waals surface area contributed by atoms with Crippen molar-refractivity contribution in [3.8, 4) is 0 Å². The third kappa shape index (κ3) is 1.87. The molecular weight excluding hydrogens is 342 g/mol. The molecule has 2 N–H and O–H groups in total. The molecule has 1 amide bonds. The lowest BCUT2D eigenvalue weighted by Crippen LogP contribution is -2.61. The summed E-state index contributed by atoms with van der Waals surface area (Å²) in [4.78, 5) is 33.8. The van der Waals surface area contributed by atoms with E-state index in [-0.39, 0.29) is 16.9 Å². The average Bonchev–Trinajstić information content (AvgIpc) is 2.77. The van der Waals surface area contributed by atoms with Gasteiger partial charge in [0, 0.05) is 7.05 Å². The number of amides is 1. The van der Waals surface area contributed by atoms with Crippen LogP contribution in [0.5, 0.6) is 0 Å². The van der Waals surface area contributed by atoms with Crippen LogP contribution >= 0.6 is 11.6 Å². The number of hydrogen-bond donors (Lipinski definition) is 1. The fourth-order valence-electron chi connectivity index (χ4n) is 6.28. The first-order valence-corrected chi connectivity index (χ1v) is 9.12. The molecular formula is C17H20ClN5O2. The van der Waals surface area contributed by atoms with Gasteiger partial charge in [0.1, 0.15) is 5.52 Å². The van der Waals surface area contributed by atoms with Crippen molar-refractivity contribution >= 4 is 28.7 Å². The maximum Gasteiger partial charge on any atom is 0.330 e. The molecule has 2 atom stereocenters. The summed E-state index contributed by atoms with van der Waals surface area (Å²) in [5.41, 5.74) is 6.06. The van der Waals surface area contributed by atoms with Crippen LogP contribution in [-0.2, 0) is 17.4 Å². The smallest absolute Gasteiger partial charge is 0.330 e. The first-order chi connectivity index (χ1) is 11.8. The van der Waals surface area contributed by atoms with Gasteiger partial charge >= 0.3 is 5.69 Å². The van der Waals surface area contributed by atoms with Crippen molar-refractivity contribution in [3.05, 3.63) is 22.0 Å². The van der Waals surface area contributed by atoms with E-state index in [2.05, 4.69) is 9.97 Å². The van der Waals surface area contributed by atoms with Crippen molar-refractivity contribution in [2.75, 3.05) is 0 Å². The molecule has 0 spiro atoms. The van der Waals surface area contributed by atoms with Gasteiger partial charge in [-0.2, -0.15) is 4.98 Å². The third-order valence-corrected chi connectivity index (χ3v) is 6.98. The number of nitrogens with two attached hydrogens (primary N) is 1. The van der Waals surface area contributed by atoms with E-state index in [4.69, 9.17) is 17.3 Å². The van der Waals surface area contributed by atoms with Gasteiger partial charge in [-0.1, -0.05) is 0 Å². The van der Waals surface area contributed by atoms with E-state index in [1.807, 2.05) is 0 Å². The minimum absolute atomic E-state index is 0.117. The number of imidazole rings is 1. The molecule has 2 aromatic heterocycles. The predicted molar refractivity (Wildman–Crippen MR) is 92.1 cm³/mol. The zero-order chi connectivity index (χ0) is 17.6. The monoisotopic (exact) mass is 361 g/mol. The van der Waals surface area contributed by atoms with Gasteiger partial charge in [0.25, 0.3) is 0 Å². The number of carbonyl (C=O) groups is 1. The zero-order valence-electron chi connectivity index (χ0n) is 14.0. The van der Waals surface area contributed by atoms with Crippen molar-refractivity contribution in [2.24, 2.45) is 30.0 Å². The molecule has 6 rings (SSSR count). The zero-order valence-corrected chi connectivity index (χ0v) is 14.8. The number of nitrogens with zero attached hydrogens (tertiary/aromatic N) is 4. The number of aryl methyl sites for hydroxylation is 1. The summed E-state index contributed by atoms with van der Waals surface area (Å²) in [7, 11) is 1.72. The Hall–Kier alpha value is -1.89. The van der Waals surface area contributed by atoms with E-state index >= 15 is 0 Å². The van der Waals surface area contributed by atoms with Gasteiger partial charge in [0.2, 0.25) is 11.2 Å². The van der Waals surface area contributed by atoms with Gasteiger partial charge in [-0.15, -0.1) is 0 Å². The minimum atomic E-state index is -0.484. The second kappa shape index (κ2) is 4.63. The van der Waals surface area contributed by atoms with Crippen molar-refractivity contribution in [2.45, 2.75) is 44.1 Å². The Balaban J connectivity index is 1.78. The second-order valence-corrected chi connectivity index (χ2v) is 8.69. The van der Waals surface area contributed by atoms with Crippen LogP contribution in [0, 0.1) is 17.3 Å². The number of aromatic nitrogens is 4. The molecule has 2 aromatic rings. The SMILES string of the molecule is Cn1c(=O)n(C23CC4CC(CC(C(N)=O)(C4)C2)C3)c2nc(Cl)ncc21. The second-order valence-electron chi connectivity index (χ2n) is 8.35. The summed E-state index contributed by atoms with van der Waals surface area (Å²) >= 11 is 6.02. The first-order valence-electron chi connectivity index (χ1n) is 8.74. The highest BCUT2D eigenvalue weighted by Crippen LogP contribution is 2.64. The molecule has 0 aromatic carbocycles. The van der Waals surface area contributed by atoms with E-state index in [0.717, 1.165) is 32.1 Å². The number of hydrogen-bond acceptors (Lipinski definition) is 4. The maximum atomic E-state index is 13.1. The van der Waals surface area contributed by atoms with Gasteiger partial charge in [-0.3, -0.25) is 13.9 Å². The van der Waals surface area contributed by atoms with E-state index < -0.39 is 11.0 Å². The van der Waals surface area contributed by atoms with Crippen LogP contribution in [0.15, 0.2) is 11.0 Å². The summed E-state index contributed by atoms with van der Waals surface area (Å²) in [6.07, 6.45) is 6.87. The molecule has 2 heterocycles. The average molecular weight is 362 g/mol. The highest BCUT2D eigenvalue weighted by atomic mass is 35.5. The summed E-state index contributed by atoms with van der Waals surface area (Å²) in [6, 6.07) is 0. The predicted octanol–water partition coefficient (Wildman–Crippen LogP) is 1.56. The minimum Gasteiger partial charge on any atom is -0.369 e. The Labute approximate surface area is 149 Å². The van der Waals surface area contributed by atoms with Crippen LogP contribution in [0.3, 0.4) is 0 Å². The first kappa shape index (κ1) is 15.4. The van der Waals surface area contributed by atoms with Gasteiger partial charge in [0.15, 0.2) is 5.65 Å². The van der Waals surface area contributed by atoms with E-state index in [1.54, 1.807) is 22.4 Å². The molecule has 0 aliphatic heterocycles. The number of primary amides is 1. The summed E-state index contributed by atoms with van der Waals surface area (Å²) in [6.45, 7) is 0. The molecule has 132 valence electrons. The molecule has 25 heavy (non-hydrogen) atoms. The Bertz CT molecular complexity index is 963. The quantitative estimate of drug-likeness (QED) is 0.821. The lowest BCUT2D eigenvalue weighted by molar-refractivity contribution is -0.151. The number of carbonyl (C=O) groups excluding carboxylic acids is 1. The van der Waals surface area contributed by atoms with Crippen LogP contribution in [0.25, 0.3) is 11.2 Å². The van der Waals surface area contributed by atoms with Gasteiger partial charge in [-0.05, 0) is 62.0 Å². The van der Waals surface area contributed by atoms with E-state index in [1.165, 1.54) is 0 Å². The Morgan fingerprint density at radius 1 is 1.32 bits per heavy atom. The number of rotatable bonds is 2. The molecule has 4 saturated carbocycles. The number of fused-ring (bicyclic) bond motifs is 1. The van der Waals surface area contributed by atoms with Crippen molar-refractivity contribution in [1.29, 1.82) is 0 Å². The van der Waals surface area contributed by atoms with Crippen LogP contribution < -0.4 is 11.4 Å². The van der Waals surface area contributed by atoms with Crippen molar-refractivity contribution < 1.29 is 4.79 Å². The Morgan fingerprint density at radius 3 is 2.64 bits per heavy atom. The fraction of sp³-hybridized carbons (Fsp3) is 0.647.